The van der Waals surface area contributed by atoms with Gasteiger partial charge in [-0.25, -0.2) is 8.78 Å². The molecule has 0 N–H and O–H groups in total. The molecule has 0 fully saturated rings. The van der Waals surface area contributed by atoms with Crippen LogP contribution in [0.1, 0.15) is 16.8 Å². The first-order valence-electron chi connectivity index (χ1n) is 5.42. The fourth-order valence-electron chi connectivity index (χ4n) is 1.44. The van der Waals surface area contributed by atoms with E-state index in [1.165, 1.54) is 7.05 Å². The molecule has 0 unspecified atom stereocenters. The molecule has 1 aromatic rings. The summed E-state index contributed by atoms with van der Waals surface area (Å²) < 4.78 is 61.8. The van der Waals surface area contributed by atoms with E-state index in [0.717, 1.165) is 17.0 Å². The Balaban J connectivity index is 2.59. The van der Waals surface area contributed by atoms with Gasteiger partial charge in [-0.3, -0.25) is 9.69 Å². The first-order valence-corrected chi connectivity index (χ1v) is 5.42. The van der Waals surface area contributed by atoms with E-state index < -0.39 is 30.0 Å². The van der Waals surface area contributed by atoms with Crippen molar-refractivity contribution >= 4 is 5.78 Å². The molecular formula is C12H12F5NO. The number of ketones is 1. The topological polar surface area (TPSA) is 20.3 Å². The fourth-order valence-corrected chi connectivity index (χ4v) is 1.44. The molecule has 0 aliphatic heterocycles. The minimum Gasteiger partial charge on any atom is -0.299 e. The summed E-state index contributed by atoms with van der Waals surface area (Å²) in [5, 5.41) is 0. The van der Waals surface area contributed by atoms with Crippen molar-refractivity contribution in [2.24, 2.45) is 0 Å². The van der Waals surface area contributed by atoms with Crippen molar-refractivity contribution < 1.29 is 26.7 Å². The van der Waals surface area contributed by atoms with Crippen molar-refractivity contribution in [3.8, 4) is 0 Å². The molecule has 106 valence electrons. The second kappa shape index (κ2) is 6.10. The van der Waals surface area contributed by atoms with E-state index in [1.807, 2.05) is 0 Å². The van der Waals surface area contributed by atoms with Gasteiger partial charge in [-0.05, 0) is 19.2 Å². The fraction of sp³-hybridized carbons (Fsp3) is 0.417. The highest BCUT2D eigenvalue weighted by Gasteiger charge is 2.27. The molecule has 0 saturated heterocycles. The molecule has 2 nitrogen and oxygen atoms in total. The van der Waals surface area contributed by atoms with Gasteiger partial charge in [-0.2, -0.15) is 13.2 Å². The number of alkyl halides is 3. The Labute approximate surface area is 106 Å². The van der Waals surface area contributed by atoms with Gasteiger partial charge < -0.3 is 0 Å². The van der Waals surface area contributed by atoms with Crippen molar-refractivity contribution in [1.29, 1.82) is 0 Å². The van der Waals surface area contributed by atoms with Crippen LogP contribution in [0.5, 0.6) is 0 Å². The average Bonchev–Trinajstić information content (AvgIpc) is 2.25. The lowest BCUT2D eigenvalue weighted by molar-refractivity contribution is -0.137. The SMILES string of the molecule is CN(CCC(F)(F)F)CC(=O)c1ccc(F)cc1F. The first-order chi connectivity index (χ1) is 8.69. The Morgan fingerprint density at radius 3 is 2.42 bits per heavy atom. The van der Waals surface area contributed by atoms with Gasteiger partial charge >= 0.3 is 6.18 Å². The highest BCUT2D eigenvalue weighted by atomic mass is 19.4. The van der Waals surface area contributed by atoms with Crippen LogP contribution >= 0.6 is 0 Å². The molecule has 0 radical (unpaired) electrons. The number of hydrogen-bond acceptors (Lipinski definition) is 2. The molecule has 0 heterocycles. The molecule has 0 aromatic heterocycles. The molecular weight excluding hydrogens is 269 g/mol. The van der Waals surface area contributed by atoms with Crippen LogP contribution in [-0.4, -0.2) is 37.0 Å². The van der Waals surface area contributed by atoms with Gasteiger partial charge in [0.15, 0.2) is 5.78 Å². The van der Waals surface area contributed by atoms with Crippen molar-refractivity contribution in [3.63, 3.8) is 0 Å². The number of halogens is 5. The summed E-state index contributed by atoms with van der Waals surface area (Å²) in [5.41, 5.74) is -0.333. The second-order valence-corrected chi connectivity index (χ2v) is 4.15. The zero-order chi connectivity index (χ0) is 14.6. The average molecular weight is 281 g/mol. The number of likely N-dealkylation sites (N-methyl/N-ethyl adjacent to an activating group) is 1. The Bertz CT molecular complexity index is 458. The van der Waals surface area contributed by atoms with Gasteiger partial charge in [0.05, 0.1) is 18.5 Å². The van der Waals surface area contributed by atoms with Crippen LogP contribution < -0.4 is 0 Å². The summed E-state index contributed by atoms with van der Waals surface area (Å²) in [6.45, 7) is -0.726. The van der Waals surface area contributed by atoms with Crippen molar-refractivity contribution in [2.75, 3.05) is 20.1 Å². The zero-order valence-corrected chi connectivity index (χ0v) is 10.1. The third-order valence-corrected chi connectivity index (χ3v) is 2.42. The minimum absolute atomic E-state index is 0.333. The number of hydrogen-bond donors (Lipinski definition) is 0. The van der Waals surface area contributed by atoms with Crippen LogP contribution in [0.25, 0.3) is 0 Å². The third kappa shape index (κ3) is 5.34. The van der Waals surface area contributed by atoms with Gasteiger partial charge in [-0.1, -0.05) is 0 Å². The van der Waals surface area contributed by atoms with E-state index in [9.17, 15) is 26.7 Å². The highest BCUT2D eigenvalue weighted by molar-refractivity contribution is 5.97. The quantitative estimate of drug-likeness (QED) is 0.611. The Hall–Kier alpha value is -1.50. The van der Waals surface area contributed by atoms with E-state index >= 15 is 0 Å². The summed E-state index contributed by atoms with van der Waals surface area (Å²) in [6.07, 6.45) is -5.36. The molecule has 0 atom stereocenters. The van der Waals surface area contributed by atoms with Crippen LogP contribution in [0.15, 0.2) is 18.2 Å². The molecule has 0 spiro atoms. The lowest BCUT2D eigenvalue weighted by Crippen LogP contribution is -2.30. The summed E-state index contributed by atoms with van der Waals surface area (Å²) in [5.74, 6) is -2.53. The van der Waals surface area contributed by atoms with E-state index in [0.29, 0.717) is 6.07 Å². The van der Waals surface area contributed by atoms with Crippen LogP contribution in [0.2, 0.25) is 0 Å². The Kier molecular flexibility index (Phi) is 4.99. The summed E-state index contributed by atoms with van der Waals surface area (Å²) in [7, 11) is 1.32. The molecule has 0 saturated carbocycles. The van der Waals surface area contributed by atoms with Crippen molar-refractivity contribution in [1.82, 2.24) is 4.90 Å². The van der Waals surface area contributed by atoms with Crippen molar-refractivity contribution in [3.05, 3.63) is 35.4 Å². The molecule has 1 aromatic carbocycles. The predicted molar refractivity (Wildman–Crippen MR) is 58.9 cm³/mol. The smallest absolute Gasteiger partial charge is 0.299 e. The van der Waals surface area contributed by atoms with Crippen molar-refractivity contribution in [2.45, 2.75) is 12.6 Å². The third-order valence-electron chi connectivity index (χ3n) is 2.42. The maximum absolute atomic E-state index is 13.3. The van der Waals surface area contributed by atoms with E-state index in [-0.39, 0.29) is 18.7 Å². The lowest BCUT2D eigenvalue weighted by atomic mass is 10.1. The van der Waals surface area contributed by atoms with Crippen LogP contribution in [0.3, 0.4) is 0 Å². The lowest BCUT2D eigenvalue weighted by Gasteiger charge is -2.16. The van der Waals surface area contributed by atoms with E-state index in [4.69, 9.17) is 0 Å². The van der Waals surface area contributed by atoms with Gasteiger partial charge in [0.1, 0.15) is 11.6 Å². The standard InChI is InChI=1S/C12H12F5NO/c1-18(5-4-12(15,16)17)7-11(19)9-3-2-8(13)6-10(9)14/h2-3,6H,4-5,7H2,1H3. The van der Waals surface area contributed by atoms with Crippen LogP contribution in [-0.2, 0) is 0 Å². The molecule has 1 rings (SSSR count). The largest absolute Gasteiger partial charge is 0.390 e. The van der Waals surface area contributed by atoms with Gasteiger partial charge in [0.25, 0.3) is 0 Å². The zero-order valence-electron chi connectivity index (χ0n) is 10.1. The second-order valence-electron chi connectivity index (χ2n) is 4.15. The van der Waals surface area contributed by atoms with E-state index in [2.05, 4.69) is 0 Å². The number of benzene rings is 1. The van der Waals surface area contributed by atoms with E-state index in [1.54, 1.807) is 0 Å². The summed E-state index contributed by atoms with van der Waals surface area (Å²) in [6, 6.07) is 2.46. The van der Waals surface area contributed by atoms with Crippen LogP contribution in [0, 0.1) is 11.6 Å². The number of carbonyl (C=O) groups is 1. The molecule has 0 aliphatic rings. The van der Waals surface area contributed by atoms with Gasteiger partial charge in [0.2, 0.25) is 0 Å². The number of nitrogens with zero attached hydrogens (tertiary/aromatic N) is 1. The number of Topliss-reactive ketones (excluding diaryl/α,β-unsaturated/α-hetero) is 1. The Morgan fingerprint density at radius 1 is 1.26 bits per heavy atom. The Morgan fingerprint density at radius 2 is 1.89 bits per heavy atom. The van der Waals surface area contributed by atoms with Crippen LogP contribution in [0.4, 0.5) is 22.0 Å². The highest BCUT2D eigenvalue weighted by Crippen LogP contribution is 2.19. The molecule has 7 heteroatoms. The van der Waals surface area contributed by atoms with Gasteiger partial charge in [0, 0.05) is 12.6 Å². The predicted octanol–water partition coefficient (Wildman–Crippen LogP) is 3.03. The first kappa shape index (κ1) is 15.6. The maximum Gasteiger partial charge on any atom is 0.390 e. The summed E-state index contributed by atoms with van der Waals surface area (Å²) >= 11 is 0. The molecule has 0 bridgehead atoms. The number of carbonyl (C=O) groups excluding carboxylic acids is 1. The summed E-state index contributed by atoms with van der Waals surface area (Å²) in [4.78, 5) is 12.8. The molecule has 19 heavy (non-hydrogen) atoms. The number of rotatable bonds is 5. The monoisotopic (exact) mass is 281 g/mol. The molecule has 0 amide bonds. The van der Waals surface area contributed by atoms with Gasteiger partial charge in [-0.15, -0.1) is 0 Å². The minimum atomic E-state index is -4.31. The molecule has 0 aliphatic carbocycles. The maximum atomic E-state index is 13.3. The normalized spacial score (nSPS) is 11.9.